The summed E-state index contributed by atoms with van der Waals surface area (Å²) in [4.78, 5) is 17.3. The number of anilines is 2. The number of nitrogens with zero attached hydrogens (tertiary/aromatic N) is 4. The Morgan fingerprint density at radius 1 is 1.14 bits per heavy atom. The van der Waals surface area contributed by atoms with Crippen LogP contribution in [0.1, 0.15) is 24.5 Å². The first kappa shape index (κ1) is 13.2. The van der Waals surface area contributed by atoms with Gasteiger partial charge in [0.1, 0.15) is 17.5 Å². The van der Waals surface area contributed by atoms with Gasteiger partial charge in [0, 0.05) is 11.6 Å². The quantitative estimate of drug-likeness (QED) is 0.766. The molecule has 0 unspecified atom stereocenters. The third-order valence-corrected chi connectivity index (χ3v) is 3.20. The molecule has 6 nitrogen and oxygen atoms in total. The SMILES string of the molecule is Cc1nc(N[C@H](C)c2cccc(N)n2)c2ccncc2n1. The lowest BCUT2D eigenvalue weighted by Gasteiger charge is -2.16. The highest BCUT2D eigenvalue weighted by molar-refractivity contribution is 5.88. The Morgan fingerprint density at radius 2 is 2.00 bits per heavy atom. The fourth-order valence-electron chi connectivity index (χ4n) is 2.20. The van der Waals surface area contributed by atoms with Crippen LogP contribution in [0.5, 0.6) is 0 Å². The summed E-state index contributed by atoms with van der Waals surface area (Å²) in [6.07, 6.45) is 3.47. The molecule has 0 bridgehead atoms. The summed E-state index contributed by atoms with van der Waals surface area (Å²) in [6, 6.07) is 7.48. The van der Waals surface area contributed by atoms with E-state index in [1.54, 1.807) is 18.5 Å². The number of fused-ring (bicyclic) bond motifs is 1. The highest BCUT2D eigenvalue weighted by Crippen LogP contribution is 2.23. The number of aromatic nitrogens is 4. The van der Waals surface area contributed by atoms with Gasteiger partial charge in [-0.15, -0.1) is 0 Å². The van der Waals surface area contributed by atoms with Crippen molar-refractivity contribution < 1.29 is 0 Å². The second-order valence-electron chi connectivity index (χ2n) is 4.87. The van der Waals surface area contributed by atoms with Gasteiger partial charge in [0.25, 0.3) is 0 Å². The molecule has 21 heavy (non-hydrogen) atoms. The summed E-state index contributed by atoms with van der Waals surface area (Å²) in [5.41, 5.74) is 7.42. The van der Waals surface area contributed by atoms with E-state index in [4.69, 9.17) is 5.73 Å². The Labute approximate surface area is 122 Å². The van der Waals surface area contributed by atoms with Crippen LogP contribution >= 0.6 is 0 Å². The minimum Gasteiger partial charge on any atom is -0.384 e. The van der Waals surface area contributed by atoms with Gasteiger partial charge in [0.15, 0.2) is 0 Å². The molecule has 0 saturated heterocycles. The molecule has 0 amide bonds. The molecule has 0 aliphatic rings. The Hall–Kier alpha value is -2.76. The van der Waals surface area contributed by atoms with E-state index in [0.29, 0.717) is 11.6 Å². The molecule has 0 aromatic carbocycles. The lowest BCUT2D eigenvalue weighted by Crippen LogP contribution is -2.11. The molecular formula is C15H16N6. The zero-order valence-corrected chi connectivity index (χ0v) is 11.9. The van der Waals surface area contributed by atoms with Crippen LogP contribution in [0.4, 0.5) is 11.6 Å². The zero-order valence-electron chi connectivity index (χ0n) is 11.9. The van der Waals surface area contributed by atoms with Crippen LogP contribution in [0, 0.1) is 6.92 Å². The Kier molecular flexibility index (Phi) is 3.35. The number of nitrogens with one attached hydrogen (secondary N) is 1. The van der Waals surface area contributed by atoms with Crippen LogP contribution in [-0.4, -0.2) is 19.9 Å². The molecule has 0 aliphatic heterocycles. The molecular weight excluding hydrogens is 264 g/mol. The third kappa shape index (κ3) is 2.74. The first-order chi connectivity index (χ1) is 10.1. The van der Waals surface area contributed by atoms with Crippen LogP contribution < -0.4 is 11.1 Å². The molecule has 0 saturated carbocycles. The summed E-state index contributed by atoms with van der Waals surface area (Å²) in [6.45, 7) is 3.88. The summed E-state index contributed by atoms with van der Waals surface area (Å²) >= 11 is 0. The highest BCUT2D eigenvalue weighted by atomic mass is 15.1. The molecule has 3 heterocycles. The van der Waals surface area contributed by atoms with E-state index < -0.39 is 0 Å². The Bertz CT molecular complexity index is 786. The van der Waals surface area contributed by atoms with Crippen molar-refractivity contribution >= 4 is 22.5 Å². The van der Waals surface area contributed by atoms with E-state index >= 15 is 0 Å². The Morgan fingerprint density at radius 3 is 2.81 bits per heavy atom. The van der Waals surface area contributed by atoms with Crippen molar-refractivity contribution in [3.63, 3.8) is 0 Å². The molecule has 1 atom stereocenters. The van der Waals surface area contributed by atoms with Gasteiger partial charge in [0.2, 0.25) is 0 Å². The molecule has 3 rings (SSSR count). The fourth-order valence-corrected chi connectivity index (χ4v) is 2.20. The van der Waals surface area contributed by atoms with Gasteiger partial charge in [-0.2, -0.15) is 0 Å². The number of hydrogen-bond acceptors (Lipinski definition) is 6. The van der Waals surface area contributed by atoms with Crippen molar-refractivity contribution in [1.29, 1.82) is 0 Å². The molecule has 3 aromatic heterocycles. The van der Waals surface area contributed by atoms with Gasteiger partial charge >= 0.3 is 0 Å². The van der Waals surface area contributed by atoms with Crippen LogP contribution in [-0.2, 0) is 0 Å². The minimum absolute atomic E-state index is 0.0147. The maximum Gasteiger partial charge on any atom is 0.138 e. The smallest absolute Gasteiger partial charge is 0.138 e. The average molecular weight is 280 g/mol. The molecule has 3 aromatic rings. The largest absolute Gasteiger partial charge is 0.384 e. The number of hydrogen-bond donors (Lipinski definition) is 2. The van der Waals surface area contributed by atoms with Gasteiger partial charge in [-0.3, -0.25) is 4.98 Å². The monoisotopic (exact) mass is 280 g/mol. The van der Waals surface area contributed by atoms with Crippen LogP contribution in [0.3, 0.4) is 0 Å². The van der Waals surface area contributed by atoms with E-state index in [-0.39, 0.29) is 6.04 Å². The third-order valence-electron chi connectivity index (χ3n) is 3.20. The van der Waals surface area contributed by atoms with Crippen LogP contribution in [0.25, 0.3) is 10.9 Å². The molecule has 0 fully saturated rings. The maximum atomic E-state index is 5.73. The van der Waals surface area contributed by atoms with Gasteiger partial charge < -0.3 is 11.1 Å². The van der Waals surface area contributed by atoms with E-state index in [0.717, 1.165) is 22.4 Å². The fraction of sp³-hybridized carbons (Fsp3) is 0.200. The minimum atomic E-state index is -0.0147. The lowest BCUT2D eigenvalue weighted by atomic mass is 10.2. The number of nitrogen functional groups attached to an aromatic ring is 1. The number of nitrogens with two attached hydrogens (primary N) is 1. The molecule has 106 valence electrons. The first-order valence-corrected chi connectivity index (χ1v) is 6.71. The Balaban J connectivity index is 1.98. The molecule has 0 aliphatic carbocycles. The second-order valence-corrected chi connectivity index (χ2v) is 4.87. The van der Waals surface area contributed by atoms with Crippen molar-refractivity contribution in [2.24, 2.45) is 0 Å². The average Bonchev–Trinajstić information content (AvgIpc) is 2.47. The standard InChI is InChI=1S/C15H16N6/c1-9(12-4-3-5-14(16)21-12)18-15-11-6-7-17-8-13(11)19-10(2)20-15/h3-9H,1-2H3,(H2,16,21)(H,18,19,20)/t9-/m1/s1. The predicted molar refractivity (Wildman–Crippen MR) is 82.8 cm³/mol. The van der Waals surface area contributed by atoms with E-state index in [2.05, 4.69) is 25.3 Å². The summed E-state index contributed by atoms with van der Waals surface area (Å²) < 4.78 is 0. The van der Waals surface area contributed by atoms with E-state index in [1.165, 1.54) is 0 Å². The number of rotatable bonds is 3. The number of pyridine rings is 2. The van der Waals surface area contributed by atoms with Gasteiger partial charge in [-0.1, -0.05) is 6.07 Å². The summed E-state index contributed by atoms with van der Waals surface area (Å²) in [7, 11) is 0. The molecule has 0 radical (unpaired) electrons. The first-order valence-electron chi connectivity index (χ1n) is 6.71. The van der Waals surface area contributed by atoms with Gasteiger partial charge in [0.05, 0.1) is 23.4 Å². The van der Waals surface area contributed by atoms with Crippen molar-refractivity contribution in [3.8, 4) is 0 Å². The van der Waals surface area contributed by atoms with Crippen molar-refractivity contribution in [1.82, 2.24) is 19.9 Å². The summed E-state index contributed by atoms with van der Waals surface area (Å²) in [5.74, 6) is 1.98. The van der Waals surface area contributed by atoms with E-state index in [9.17, 15) is 0 Å². The van der Waals surface area contributed by atoms with Crippen molar-refractivity contribution in [2.75, 3.05) is 11.1 Å². The zero-order chi connectivity index (χ0) is 14.8. The van der Waals surface area contributed by atoms with Crippen molar-refractivity contribution in [3.05, 3.63) is 48.2 Å². The summed E-state index contributed by atoms with van der Waals surface area (Å²) in [5, 5.41) is 4.31. The molecule has 6 heteroatoms. The second kappa shape index (κ2) is 5.32. The predicted octanol–water partition coefficient (Wildman–Crippen LogP) is 2.48. The molecule has 3 N–H and O–H groups in total. The normalized spacial score (nSPS) is 12.3. The highest BCUT2D eigenvalue weighted by Gasteiger charge is 2.11. The van der Waals surface area contributed by atoms with Crippen LogP contribution in [0.2, 0.25) is 0 Å². The lowest BCUT2D eigenvalue weighted by molar-refractivity contribution is 0.833. The van der Waals surface area contributed by atoms with Gasteiger partial charge in [-0.05, 0) is 32.0 Å². The maximum absolute atomic E-state index is 5.73. The number of aryl methyl sites for hydroxylation is 1. The van der Waals surface area contributed by atoms with Crippen LogP contribution in [0.15, 0.2) is 36.7 Å². The van der Waals surface area contributed by atoms with Gasteiger partial charge in [-0.25, -0.2) is 15.0 Å². The molecule has 0 spiro atoms. The van der Waals surface area contributed by atoms with Crippen molar-refractivity contribution in [2.45, 2.75) is 19.9 Å². The van der Waals surface area contributed by atoms with E-state index in [1.807, 2.05) is 32.0 Å². The topological polar surface area (TPSA) is 89.6 Å².